The van der Waals surface area contributed by atoms with Crippen LogP contribution in [0.15, 0.2) is 29.1 Å². The van der Waals surface area contributed by atoms with Crippen molar-refractivity contribution in [3.63, 3.8) is 0 Å². The average molecular weight is 282 g/mol. The van der Waals surface area contributed by atoms with Gasteiger partial charge >= 0.3 is 5.97 Å². The molecule has 0 aromatic carbocycles. The number of carbonyl (C=O) groups is 1. The van der Waals surface area contributed by atoms with Gasteiger partial charge in [0.15, 0.2) is 5.82 Å². The summed E-state index contributed by atoms with van der Waals surface area (Å²) in [6, 6.07) is 1.50. The highest BCUT2D eigenvalue weighted by Gasteiger charge is 2.14. The topological polar surface area (TPSA) is 68.0 Å². The minimum atomic E-state index is -1.03. The summed E-state index contributed by atoms with van der Waals surface area (Å²) in [4.78, 5) is 15.1. The van der Waals surface area contributed by atoms with Crippen LogP contribution in [0.4, 0.5) is 0 Å². The average Bonchev–Trinajstić information content (AvgIpc) is 2.64. The molecule has 0 amide bonds. The number of aryl methyl sites for hydroxylation is 1. The maximum atomic E-state index is 11.1. The predicted molar refractivity (Wildman–Crippen MR) is 60.8 cm³/mol. The van der Waals surface area contributed by atoms with E-state index >= 15 is 0 Å². The molecule has 16 heavy (non-hydrogen) atoms. The summed E-state index contributed by atoms with van der Waals surface area (Å²) in [5, 5.41) is 13.1. The van der Waals surface area contributed by atoms with E-state index in [1.807, 2.05) is 6.92 Å². The normalized spacial score (nSPS) is 10.4. The zero-order chi connectivity index (χ0) is 11.7. The smallest absolute Gasteiger partial charge is 0.339 e. The van der Waals surface area contributed by atoms with Gasteiger partial charge in [0.2, 0.25) is 0 Å². The largest absolute Gasteiger partial charge is 0.478 e. The van der Waals surface area contributed by atoms with Crippen molar-refractivity contribution in [2.75, 3.05) is 0 Å². The van der Waals surface area contributed by atoms with E-state index in [0.29, 0.717) is 10.3 Å². The maximum absolute atomic E-state index is 11.1. The van der Waals surface area contributed by atoms with Crippen LogP contribution in [0.2, 0.25) is 0 Å². The molecular formula is C10H8BrN3O2. The van der Waals surface area contributed by atoms with Crippen molar-refractivity contribution in [1.29, 1.82) is 0 Å². The lowest BCUT2D eigenvalue weighted by molar-refractivity contribution is 0.0696. The molecule has 0 fully saturated rings. The van der Waals surface area contributed by atoms with Crippen molar-refractivity contribution in [2.45, 2.75) is 6.92 Å². The lowest BCUT2D eigenvalue weighted by Crippen LogP contribution is -2.08. The first-order chi connectivity index (χ1) is 7.58. The van der Waals surface area contributed by atoms with Crippen LogP contribution in [0.1, 0.15) is 15.9 Å². The molecule has 0 aliphatic carbocycles. The number of aromatic carboxylic acids is 1. The van der Waals surface area contributed by atoms with E-state index in [4.69, 9.17) is 5.11 Å². The first-order valence-corrected chi connectivity index (χ1v) is 5.27. The molecular weight excluding hydrogens is 274 g/mol. The Morgan fingerprint density at radius 1 is 1.50 bits per heavy atom. The molecule has 1 N–H and O–H groups in total. The number of rotatable bonds is 2. The summed E-state index contributed by atoms with van der Waals surface area (Å²) >= 11 is 3.19. The van der Waals surface area contributed by atoms with Crippen molar-refractivity contribution in [2.24, 2.45) is 0 Å². The molecule has 0 unspecified atom stereocenters. The summed E-state index contributed by atoms with van der Waals surface area (Å²) in [5.74, 6) is -0.722. The zero-order valence-corrected chi connectivity index (χ0v) is 9.97. The van der Waals surface area contributed by atoms with Gasteiger partial charge in [0.1, 0.15) is 5.56 Å². The molecule has 2 aromatic heterocycles. The van der Waals surface area contributed by atoms with E-state index in [1.165, 1.54) is 10.7 Å². The number of pyridine rings is 1. The number of hydrogen-bond acceptors (Lipinski definition) is 3. The Kier molecular flexibility index (Phi) is 2.74. The molecule has 0 radical (unpaired) electrons. The fourth-order valence-corrected chi connectivity index (χ4v) is 1.63. The molecule has 0 aliphatic heterocycles. The van der Waals surface area contributed by atoms with E-state index in [2.05, 4.69) is 26.0 Å². The highest BCUT2D eigenvalue weighted by atomic mass is 79.9. The van der Waals surface area contributed by atoms with E-state index in [1.54, 1.807) is 18.6 Å². The number of carboxylic acids is 1. The second-order valence-electron chi connectivity index (χ2n) is 3.29. The Hall–Kier alpha value is -1.69. The highest BCUT2D eigenvalue weighted by molar-refractivity contribution is 9.10. The lowest BCUT2D eigenvalue weighted by atomic mass is 10.2. The number of carboxylic acid groups (broad SMARTS) is 1. The second kappa shape index (κ2) is 4.05. The molecule has 0 bridgehead atoms. The van der Waals surface area contributed by atoms with Crippen LogP contribution >= 0.6 is 15.9 Å². The Labute approximate surface area is 99.9 Å². The van der Waals surface area contributed by atoms with Crippen LogP contribution in [-0.2, 0) is 0 Å². The summed E-state index contributed by atoms with van der Waals surface area (Å²) in [7, 11) is 0. The van der Waals surface area contributed by atoms with Gasteiger partial charge in [-0.3, -0.25) is 0 Å². The molecule has 6 heteroatoms. The Bertz CT molecular complexity index is 551. The van der Waals surface area contributed by atoms with Gasteiger partial charge < -0.3 is 5.11 Å². The fraction of sp³-hybridized carbons (Fsp3) is 0.100. The van der Waals surface area contributed by atoms with Gasteiger partial charge in [-0.05, 0) is 34.5 Å². The maximum Gasteiger partial charge on any atom is 0.339 e. The van der Waals surface area contributed by atoms with Gasteiger partial charge in [-0.2, -0.15) is 5.10 Å². The van der Waals surface area contributed by atoms with Crippen molar-refractivity contribution >= 4 is 21.9 Å². The molecule has 0 spiro atoms. The monoisotopic (exact) mass is 281 g/mol. The van der Waals surface area contributed by atoms with E-state index in [0.717, 1.165) is 5.56 Å². The van der Waals surface area contributed by atoms with Gasteiger partial charge in [-0.25, -0.2) is 14.5 Å². The summed E-state index contributed by atoms with van der Waals surface area (Å²) in [5.41, 5.74) is 1.05. The third-order valence-electron chi connectivity index (χ3n) is 1.99. The van der Waals surface area contributed by atoms with Crippen LogP contribution in [0, 0.1) is 6.92 Å². The van der Waals surface area contributed by atoms with Gasteiger partial charge in [-0.1, -0.05) is 0 Å². The van der Waals surface area contributed by atoms with Crippen molar-refractivity contribution < 1.29 is 9.90 Å². The van der Waals surface area contributed by atoms with Crippen LogP contribution in [0.5, 0.6) is 0 Å². The van der Waals surface area contributed by atoms with E-state index < -0.39 is 5.97 Å². The van der Waals surface area contributed by atoms with Crippen LogP contribution < -0.4 is 0 Å². The first-order valence-electron chi connectivity index (χ1n) is 4.48. The quantitative estimate of drug-likeness (QED) is 0.915. The highest BCUT2D eigenvalue weighted by Crippen LogP contribution is 2.17. The van der Waals surface area contributed by atoms with Crippen molar-refractivity contribution in [3.05, 3.63) is 40.3 Å². The predicted octanol–water partition coefficient (Wildman–Crippen LogP) is 2.04. The van der Waals surface area contributed by atoms with E-state index in [-0.39, 0.29) is 5.56 Å². The minimum absolute atomic E-state index is 0.109. The molecule has 82 valence electrons. The van der Waals surface area contributed by atoms with Crippen molar-refractivity contribution in [3.8, 4) is 5.82 Å². The number of halogens is 1. The first kappa shape index (κ1) is 10.8. The third-order valence-corrected chi connectivity index (χ3v) is 2.43. The SMILES string of the molecule is Cc1cnn(-c2ncc(Br)cc2C(=O)O)c1. The van der Waals surface area contributed by atoms with Gasteiger partial charge in [0, 0.05) is 16.9 Å². The summed E-state index contributed by atoms with van der Waals surface area (Å²) in [6.07, 6.45) is 4.91. The van der Waals surface area contributed by atoms with Crippen LogP contribution in [0.3, 0.4) is 0 Å². The summed E-state index contributed by atoms with van der Waals surface area (Å²) in [6.45, 7) is 1.88. The molecule has 0 saturated carbocycles. The second-order valence-corrected chi connectivity index (χ2v) is 4.21. The van der Waals surface area contributed by atoms with E-state index in [9.17, 15) is 4.79 Å². The van der Waals surface area contributed by atoms with Crippen LogP contribution in [-0.4, -0.2) is 25.8 Å². The zero-order valence-electron chi connectivity index (χ0n) is 8.38. The number of aromatic nitrogens is 3. The fourth-order valence-electron chi connectivity index (χ4n) is 1.30. The lowest BCUT2D eigenvalue weighted by Gasteiger charge is -2.04. The third kappa shape index (κ3) is 1.96. The van der Waals surface area contributed by atoms with Gasteiger partial charge in [-0.15, -0.1) is 0 Å². The minimum Gasteiger partial charge on any atom is -0.478 e. The number of nitrogens with zero attached hydrogens (tertiary/aromatic N) is 3. The van der Waals surface area contributed by atoms with Gasteiger partial charge in [0.05, 0.1) is 6.20 Å². The molecule has 2 aromatic rings. The summed E-state index contributed by atoms with van der Waals surface area (Å²) < 4.78 is 2.07. The molecule has 0 atom stereocenters. The molecule has 0 aliphatic rings. The standard InChI is InChI=1S/C10H8BrN3O2/c1-6-3-13-14(5-6)9-8(10(15)16)2-7(11)4-12-9/h2-5H,1H3,(H,15,16). The molecule has 0 saturated heterocycles. The Balaban J connectivity index is 2.60. The van der Waals surface area contributed by atoms with Gasteiger partial charge in [0.25, 0.3) is 0 Å². The Morgan fingerprint density at radius 2 is 2.25 bits per heavy atom. The number of hydrogen-bond donors (Lipinski definition) is 1. The van der Waals surface area contributed by atoms with Crippen LogP contribution in [0.25, 0.3) is 5.82 Å². The molecule has 5 nitrogen and oxygen atoms in total. The Morgan fingerprint density at radius 3 is 2.81 bits per heavy atom. The molecule has 2 rings (SSSR count). The van der Waals surface area contributed by atoms with Crippen molar-refractivity contribution in [1.82, 2.24) is 14.8 Å². The molecule has 2 heterocycles.